The van der Waals surface area contributed by atoms with Crippen LogP contribution in [0.5, 0.6) is 5.75 Å². The van der Waals surface area contributed by atoms with E-state index in [9.17, 15) is 8.42 Å². The summed E-state index contributed by atoms with van der Waals surface area (Å²) in [5.74, 6) is 1.19. The standard InChI is InChI=1S/C25H22BrClN2O3S/c1-32-24-12-5-15(26)13-22(24)25-20-4-2-3-19(20)21-14-18(10-11-23(21)28-25)33(30,31)29-17-8-6-16(27)7-9-17/h2-3,5-14,19-20,25,28-29H,4H2,1H3/t19-,20+,25-/m0/s1. The third-order valence-electron chi connectivity index (χ3n) is 6.27. The van der Waals surface area contributed by atoms with E-state index in [1.807, 2.05) is 18.2 Å². The molecule has 0 amide bonds. The van der Waals surface area contributed by atoms with Crippen molar-refractivity contribution in [1.29, 1.82) is 0 Å². The van der Waals surface area contributed by atoms with Gasteiger partial charge in [0.1, 0.15) is 5.75 Å². The van der Waals surface area contributed by atoms with Crippen LogP contribution in [0.4, 0.5) is 11.4 Å². The summed E-state index contributed by atoms with van der Waals surface area (Å²) in [4.78, 5) is 0.232. The maximum atomic E-state index is 13.1. The lowest BCUT2D eigenvalue weighted by Crippen LogP contribution is -2.29. The quantitative estimate of drug-likeness (QED) is 0.349. The second-order valence-electron chi connectivity index (χ2n) is 8.22. The van der Waals surface area contributed by atoms with Crippen LogP contribution in [0.1, 0.15) is 29.5 Å². The third-order valence-corrected chi connectivity index (χ3v) is 8.39. The molecular formula is C25H22BrClN2O3S. The Kier molecular flexibility index (Phi) is 5.89. The molecule has 0 radical (unpaired) electrons. The molecule has 0 aromatic heterocycles. The zero-order chi connectivity index (χ0) is 23.2. The molecule has 1 aliphatic carbocycles. The molecule has 0 saturated heterocycles. The number of methoxy groups -OCH3 is 1. The van der Waals surface area contributed by atoms with Gasteiger partial charge < -0.3 is 10.1 Å². The number of hydrogen-bond donors (Lipinski definition) is 2. The number of benzene rings is 3. The first kappa shape index (κ1) is 22.3. The predicted molar refractivity (Wildman–Crippen MR) is 136 cm³/mol. The minimum Gasteiger partial charge on any atom is -0.496 e. The van der Waals surface area contributed by atoms with Crippen LogP contribution in [0.2, 0.25) is 5.02 Å². The highest BCUT2D eigenvalue weighted by molar-refractivity contribution is 9.10. The molecule has 0 saturated carbocycles. The van der Waals surface area contributed by atoms with Crippen molar-refractivity contribution in [1.82, 2.24) is 0 Å². The van der Waals surface area contributed by atoms with Crippen LogP contribution < -0.4 is 14.8 Å². The number of rotatable bonds is 5. The largest absolute Gasteiger partial charge is 0.496 e. The van der Waals surface area contributed by atoms with Gasteiger partial charge >= 0.3 is 0 Å². The highest BCUT2D eigenvalue weighted by Crippen LogP contribution is 2.51. The Morgan fingerprint density at radius 2 is 1.85 bits per heavy atom. The monoisotopic (exact) mass is 544 g/mol. The highest BCUT2D eigenvalue weighted by atomic mass is 79.9. The summed E-state index contributed by atoms with van der Waals surface area (Å²) >= 11 is 9.49. The van der Waals surface area contributed by atoms with E-state index >= 15 is 0 Å². The van der Waals surface area contributed by atoms with Crippen LogP contribution in [0.15, 0.2) is 82.2 Å². The zero-order valence-electron chi connectivity index (χ0n) is 17.8. The Morgan fingerprint density at radius 1 is 1.06 bits per heavy atom. The molecule has 3 aromatic rings. The number of nitrogens with one attached hydrogen (secondary N) is 2. The van der Waals surface area contributed by atoms with Crippen molar-refractivity contribution in [2.75, 3.05) is 17.1 Å². The number of halogens is 2. The van der Waals surface area contributed by atoms with Crippen LogP contribution in [0.3, 0.4) is 0 Å². The maximum Gasteiger partial charge on any atom is 0.261 e. The van der Waals surface area contributed by atoms with E-state index in [1.54, 1.807) is 43.5 Å². The Bertz CT molecular complexity index is 1340. The molecule has 0 unspecified atom stereocenters. The van der Waals surface area contributed by atoms with E-state index in [0.717, 1.165) is 33.5 Å². The van der Waals surface area contributed by atoms with Gasteiger partial charge in [-0.3, -0.25) is 4.72 Å². The van der Waals surface area contributed by atoms with E-state index in [0.29, 0.717) is 10.7 Å². The molecule has 33 heavy (non-hydrogen) atoms. The molecule has 0 spiro atoms. The fraction of sp³-hybridized carbons (Fsp3) is 0.200. The number of hydrogen-bond acceptors (Lipinski definition) is 4. The van der Waals surface area contributed by atoms with Crippen LogP contribution >= 0.6 is 27.5 Å². The smallest absolute Gasteiger partial charge is 0.261 e. The van der Waals surface area contributed by atoms with Crippen LogP contribution in [-0.2, 0) is 10.0 Å². The van der Waals surface area contributed by atoms with Gasteiger partial charge in [0.05, 0.1) is 18.0 Å². The van der Waals surface area contributed by atoms with Crippen LogP contribution in [0, 0.1) is 5.92 Å². The molecule has 0 fully saturated rings. The summed E-state index contributed by atoms with van der Waals surface area (Å²) in [6, 6.07) is 17.9. The van der Waals surface area contributed by atoms with Gasteiger partial charge in [-0.25, -0.2) is 8.42 Å². The van der Waals surface area contributed by atoms with Gasteiger partial charge in [-0.2, -0.15) is 0 Å². The van der Waals surface area contributed by atoms with Gasteiger partial charge in [-0.1, -0.05) is 39.7 Å². The van der Waals surface area contributed by atoms with Gasteiger partial charge in [-0.15, -0.1) is 0 Å². The second kappa shape index (κ2) is 8.70. The molecule has 0 bridgehead atoms. The SMILES string of the molecule is COc1ccc(Br)cc1[C@H]1Nc2ccc(S(=O)(=O)Nc3ccc(Cl)cc3)cc2[C@H]2C=CC[C@H]21. The van der Waals surface area contributed by atoms with Crippen molar-refractivity contribution < 1.29 is 13.2 Å². The number of anilines is 2. The van der Waals surface area contributed by atoms with Gasteiger partial charge in [-0.05, 0) is 78.6 Å². The number of fused-ring (bicyclic) bond motifs is 3. The van der Waals surface area contributed by atoms with Gasteiger partial charge in [0.25, 0.3) is 10.0 Å². The molecule has 3 aromatic carbocycles. The number of sulfonamides is 1. The molecule has 5 nitrogen and oxygen atoms in total. The lowest BCUT2D eigenvalue weighted by Gasteiger charge is -2.38. The normalized spacial score (nSPS) is 21.1. The third kappa shape index (κ3) is 4.25. The molecule has 1 aliphatic heterocycles. The van der Waals surface area contributed by atoms with Crippen molar-refractivity contribution in [3.8, 4) is 5.75 Å². The fourth-order valence-electron chi connectivity index (χ4n) is 4.73. The zero-order valence-corrected chi connectivity index (χ0v) is 20.9. The van der Waals surface area contributed by atoms with Crippen molar-refractivity contribution in [2.45, 2.75) is 23.3 Å². The Balaban J connectivity index is 1.50. The Labute approximate surface area is 207 Å². The molecular weight excluding hydrogens is 524 g/mol. The summed E-state index contributed by atoms with van der Waals surface area (Å²) in [6.45, 7) is 0. The fourth-order valence-corrected chi connectivity index (χ4v) is 6.33. The van der Waals surface area contributed by atoms with Gasteiger partial charge in [0.15, 0.2) is 0 Å². The Hall–Kier alpha value is -2.48. The molecule has 1 heterocycles. The predicted octanol–water partition coefficient (Wildman–Crippen LogP) is 6.74. The Morgan fingerprint density at radius 3 is 2.61 bits per heavy atom. The first-order valence-corrected chi connectivity index (χ1v) is 13.2. The number of ether oxygens (including phenoxy) is 1. The minimum atomic E-state index is -3.74. The molecule has 8 heteroatoms. The van der Waals surface area contributed by atoms with Gasteiger partial charge in [0.2, 0.25) is 0 Å². The van der Waals surface area contributed by atoms with E-state index in [4.69, 9.17) is 16.3 Å². The average molecular weight is 546 g/mol. The van der Waals surface area contributed by atoms with E-state index < -0.39 is 10.0 Å². The van der Waals surface area contributed by atoms with Crippen LogP contribution in [0.25, 0.3) is 0 Å². The lowest BCUT2D eigenvalue weighted by atomic mass is 9.77. The van der Waals surface area contributed by atoms with E-state index in [-0.39, 0.29) is 22.8 Å². The average Bonchev–Trinajstić information content (AvgIpc) is 3.30. The molecule has 3 atom stereocenters. The topological polar surface area (TPSA) is 67.4 Å². The second-order valence-corrected chi connectivity index (χ2v) is 11.3. The molecule has 170 valence electrons. The van der Waals surface area contributed by atoms with Crippen molar-refractivity contribution in [3.63, 3.8) is 0 Å². The molecule has 2 N–H and O–H groups in total. The number of allylic oxidation sites excluding steroid dienone is 2. The molecule has 2 aliphatic rings. The highest BCUT2D eigenvalue weighted by Gasteiger charge is 2.39. The van der Waals surface area contributed by atoms with Crippen LogP contribution in [-0.4, -0.2) is 15.5 Å². The summed E-state index contributed by atoms with van der Waals surface area (Å²) in [5, 5.41) is 4.20. The maximum absolute atomic E-state index is 13.1. The minimum absolute atomic E-state index is 0.0413. The van der Waals surface area contributed by atoms with Crippen molar-refractivity contribution in [2.24, 2.45) is 5.92 Å². The van der Waals surface area contributed by atoms with Crippen molar-refractivity contribution in [3.05, 3.63) is 93.4 Å². The summed E-state index contributed by atoms with van der Waals surface area (Å²) < 4.78 is 35.4. The summed E-state index contributed by atoms with van der Waals surface area (Å²) in [5.41, 5.74) is 3.46. The van der Waals surface area contributed by atoms with E-state index in [1.165, 1.54) is 0 Å². The molecule has 5 rings (SSSR count). The van der Waals surface area contributed by atoms with Gasteiger partial charge in [0, 0.05) is 32.4 Å². The van der Waals surface area contributed by atoms with E-state index in [2.05, 4.69) is 44.2 Å². The summed E-state index contributed by atoms with van der Waals surface area (Å²) in [6.07, 6.45) is 5.26. The lowest BCUT2D eigenvalue weighted by molar-refractivity contribution is 0.381. The summed E-state index contributed by atoms with van der Waals surface area (Å²) in [7, 11) is -2.06. The van der Waals surface area contributed by atoms with Crippen molar-refractivity contribution >= 4 is 48.9 Å². The first-order valence-electron chi connectivity index (χ1n) is 10.5. The first-order chi connectivity index (χ1) is 15.9.